The first-order valence-electron chi connectivity index (χ1n) is 8.99. The topological polar surface area (TPSA) is 52.6 Å². The Bertz CT molecular complexity index is 718. The lowest BCUT2D eigenvalue weighted by atomic mass is 10.0. The molecule has 5 nitrogen and oxygen atoms in total. The number of rotatable bonds is 5. The van der Waals surface area contributed by atoms with Crippen LogP contribution < -0.4 is 5.32 Å². The molecule has 6 heteroatoms. The zero-order valence-corrected chi connectivity index (χ0v) is 15.9. The van der Waals surface area contributed by atoms with Crippen LogP contribution in [0.1, 0.15) is 21.7 Å². The van der Waals surface area contributed by atoms with E-state index < -0.39 is 6.04 Å². The summed E-state index contributed by atoms with van der Waals surface area (Å²) in [6.45, 7) is 3.30. The minimum atomic E-state index is -0.546. The Kier molecular flexibility index (Phi) is 6.41. The smallest absolute Gasteiger partial charge is 0.262 e. The number of carbonyl (C=O) groups is 2. The Hall–Kier alpha value is -2.18. The highest BCUT2D eigenvalue weighted by atomic mass is 32.1. The van der Waals surface area contributed by atoms with Gasteiger partial charge >= 0.3 is 0 Å². The van der Waals surface area contributed by atoms with Crippen molar-refractivity contribution < 1.29 is 9.59 Å². The first-order chi connectivity index (χ1) is 12.6. The number of nitrogens with one attached hydrogen (secondary N) is 1. The number of benzene rings is 1. The number of likely N-dealkylation sites (N-methyl/N-ethyl adjacent to an activating group) is 1. The fourth-order valence-electron chi connectivity index (χ4n) is 3.17. The van der Waals surface area contributed by atoms with E-state index in [1.54, 1.807) is 6.07 Å². The van der Waals surface area contributed by atoms with Crippen LogP contribution in [0.15, 0.2) is 47.8 Å². The molecular weight excluding hydrogens is 346 g/mol. The van der Waals surface area contributed by atoms with Crippen molar-refractivity contribution >= 4 is 23.2 Å². The summed E-state index contributed by atoms with van der Waals surface area (Å²) >= 11 is 1.39. The lowest BCUT2D eigenvalue weighted by Gasteiger charge is -2.27. The minimum Gasteiger partial charge on any atom is -0.340 e. The van der Waals surface area contributed by atoms with E-state index in [0.29, 0.717) is 17.8 Å². The molecular formula is C20H25N3O2S. The molecule has 1 aromatic heterocycles. The fraction of sp³-hybridized carbons (Fsp3) is 0.400. The Labute approximate surface area is 158 Å². The minimum absolute atomic E-state index is 0.00839. The van der Waals surface area contributed by atoms with Crippen LogP contribution in [-0.2, 0) is 11.2 Å². The van der Waals surface area contributed by atoms with Gasteiger partial charge in [-0.1, -0.05) is 36.4 Å². The Morgan fingerprint density at radius 3 is 2.62 bits per heavy atom. The standard InChI is InChI=1S/C20H25N3O2S/c1-22-10-6-11-23(13-12-22)20(25)17(15-16-7-3-2-4-8-16)21-19(24)18-9-5-14-26-18/h2-5,7-9,14,17H,6,10-13,15H2,1H3,(H,21,24). The van der Waals surface area contributed by atoms with E-state index in [2.05, 4.69) is 17.3 Å². The van der Waals surface area contributed by atoms with Gasteiger partial charge in [-0.25, -0.2) is 0 Å². The Morgan fingerprint density at radius 1 is 1.08 bits per heavy atom. The molecule has 0 saturated carbocycles. The fourth-order valence-corrected chi connectivity index (χ4v) is 3.80. The summed E-state index contributed by atoms with van der Waals surface area (Å²) in [7, 11) is 2.08. The van der Waals surface area contributed by atoms with Crippen molar-refractivity contribution in [1.29, 1.82) is 0 Å². The van der Waals surface area contributed by atoms with Crippen molar-refractivity contribution in [1.82, 2.24) is 15.1 Å². The van der Waals surface area contributed by atoms with Crippen molar-refractivity contribution in [2.75, 3.05) is 33.2 Å². The molecule has 1 aliphatic heterocycles. The summed E-state index contributed by atoms with van der Waals surface area (Å²) in [5.74, 6) is -0.171. The molecule has 1 aromatic carbocycles. The van der Waals surface area contributed by atoms with Gasteiger partial charge in [0.05, 0.1) is 4.88 Å². The molecule has 1 N–H and O–H groups in total. The summed E-state index contributed by atoms with van der Waals surface area (Å²) in [6, 6.07) is 12.9. The quantitative estimate of drug-likeness (QED) is 0.877. The van der Waals surface area contributed by atoms with E-state index in [1.807, 2.05) is 46.7 Å². The number of nitrogens with zero attached hydrogens (tertiary/aromatic N) is 2. The van der Waals surface area contributed by atoms with Gasteiger partial charge in [0.25, 0.3) is 5.91 Å². The molecule has 0 spiro atoms. The van der Waals surface area contributed by atoms with Crippen molar-refractivity contribution in [2.24, 2.45) is 0 Å². The second-order valence-corrected chi connectivity index (χ2v) is 7.62. The van der Waals surface area contributed by atoms with Crippen molar-refractivity contribution in [3.8, 4) is 0 Å². The van der Waals surface area contributed by atoms with E-state index in [1.165, 1.54) is 11.3 Å². The summed E-state index contributed by atoms with van der Waals surface area (Å²) in [6.07, 6.45) is 1.46. The van der Waals surface area contributed by atoms with Gasteiger partial charge in [-0.05, 0) is 37.0 Å². The van der Waals surface area contributed by atoms with Gasteiger partial charge in [0.15, 0.2) is 0 Å². The molecule has 138 valence electrons. The average molecular weight is 372 g/mol. The second-order valence-electron chi connectivity index (χ2n) is 6.68. The van der Waals surface area contributed by atoms with Crippen LogP contribution in [0.4, 0.5) is 0 Å². The van der Waals surface area contributed by atoms with E-state index in [9.17, 15) is 9.59 Å². The van der Waals surface area contributed by atoms with Crippen molar-refractivity contribution in [3.63, 3.8) is 0 Å². The Morgan fingerprint density at radius 2 is 1.88 bits per heavy atom. The number of carbonyl (C=O) groups excluding carboxylic acids is 2. The summed E-state index contributed by atoms with van der Waals surface area (Å²) in [4.78, 5) is 30.5. The van der Waals surface area contributed by atoms with Crippen LogP contribution in [0.5, 0.6) is 0 Å². The highest BCUT2D eigenvalue weighted by Gasteiger charge is 2.27. The summed E-state index contributed by atoms with van der Waals surface area (Å²) in [5.41, 5.74) is 1.05. The van der Waals surface area contributed by atoms with Crippen LogP contribution in [0, 0.1) is 0 Å². The van der Waals surface area contributed by atoms with Crippen LogP contribution in [0.25, 0.3) is 0 Å². The largest absolute Gasteiger partial charge is 0.340 e. The maximum Gasteiger partial charge on any atom is 0.262 e. The molecule has 0 bridgehead atoms. The molecule has 2 aromatic rings. The van der Waals surface area contributed by atoms with Gasteiger partial charge in [0.2, 0.25) is 5.91 Å². The lowest BCUT2D eigenvalue weighted by molar-refractivity contribution is -0.133. The summed E-state index contributed by atoms with van der Waals surface area (Å²) in [5, 5.41) is 4.83. The van der Waals surface area contributed by atoms with Gasteiger partial charge in [0.1, 0.15) is 6.04 Å². The summed E-state index contributed by atoms with van der Waals surface area (Å²) < 4.78 is 0. The second kappa shape index (κ2) is 8.96. The molecule has 1 unspecified atom stereocenters. The van der Waals surface area contributed by atoms with Crippen LogP contribution in [0.2, 0.25) is 0 Å². The average Bonchev–Trinajstić information content (AvgIpc) is 3.11. The number of hydrogen-bond acceptors (Lipinski definition) is 4. The lowest BCUT2D eigenvalue weighted by Crippen LogP contribution is -2.50. The normalized spacial score (nSPS) is 16.7. The van der Waals surface area contributed by atoms with Crippen LogP contribution in [0.3, 0.4) is 0 Å². The molecule has 1 saturated heterocycles. The van der Waals surface area contributed by atoms with Gasteiger partial charge in [-0.2, -0.15) is 0 Å². The van der Waals surface area contributed by atoms with Crippen LogP contribution in [-0.4, -0.2) is 60.9 Å². The van der Waals surface area contributed by atoms with Gasteiger partial charge in [-0.15, -0.1) is 11.3 Å². The SMILES string of the molecule is CN1CCCN(C(=O)C(Cc2ccccc2)NC(=O)c2cccs2)CC1. The number of amides is 2. The Balaban J connectivity index is 1.75. The third-order valence-electron chi connectivity index (χ3n) is 4.66. The molecule has 0 aliphatic carbocycles. The predicted octanol–water partition coefficient (Wildman–Crippen LogP) is 2.25. The highest BCUT2D eigenvalue weighted by molar-refractivity contribution is 7.12. The number of hydrogen-bond donors (Lipinski definition) is 1. The van der Waals surface area contributed by atoms with Crippen LogP contribution >= 0.6 is 11.3 Å². The highest BCUT2D eigenvalue weighted by Crippen LogP contribution is 2.12. The predicted molar refractivity (Wildman–Crippen MR) is 104 cm³/mol. The third kappa shape index (κ3) is 4.93. The molecule has 3 rings (SSSR count). The first kappa shape index (κ1) is 18.6. The molecule has 2 amide bonds. The molecule has 1 atom stereocenters. The maximum absolute atomic E-state index is 13.2. The van der Waals surface area contributed by atoms with Gasteiger partial charge < -0.3 is 15.1 Å². The zero-order chi connectivity index (χ0) is 18.4. The first-order valence-corrected chi connectivity index (χ1v) is 9.87. The van der Waals surface area contributed by atoms with Crippen molar-refractivity contribution in [3.05, 3.63) is 58.3 Å². The van der Waals surface area contributed by atoms with E-state index in [0.717, 1.165) is 31.6 Å². The molecule has 0 radical (unpaired) electrons. The monoisotopic (exact) mass is 371 g/mol. The molecule has 1 aliphatic rings. The maximum atomic E-state index is 13.2. The van der Waals surface area contributed by atoms with Gasteiger partial charge in [-0.3, -0.25) is 9.59 Å². The number of thiophene rings is 1. The molecule has 1 fully saturated rings. The molecule has 2 heterocycles. The van der Waals surface area contributed by atoms with Gasteiger partial charge in [0, 0.05) is 26.1 Å². The zero-order valence-electron chi connectivity index (χ0n) is 15.1. The third-order valence-corrected chi connectivity index (χ3v) is 5.53. The van der Waals surface area contributed by atoms with E-state index in [4.69, 9.17) is 0 Å². The van der Waals surface area contributed by atoms with E-state index >= 15 is 0 Å². The molecule has 26 heavy (non-hydrogen) atoms. The van der Waals surface area contributed by atoms with E-state index in [-0.39, 0.29) is 11.8 Å². The van der Waals surface area contributed by atoms with Crippen molar-refractivity contribution in [2.45, 2.75) is 18.9 Å².